The predicted octanol–water partition coefficient (Wildman–Crippen LogP) is 2.31. The first kappa shape index (κ1) is 12.8. The molecule has 4 heteroatoms. The molecule has 4 nitrogen and oxygen atoms in total. The fourth-order valence-corrected chi connectivity index (χ4v) is 1.85. The second-order valence-corrected chi connectivity index (χ2v) is 4.50. The summed E-state index contributed by atoms with van der Waals surface area (Å²) in [5.41, 5.74) is 1.36. The van der Waals surface area contributed by atoms with Crippen molar-refractivity contribution >= 4 is 0 Å². The van der Waals surface area contributed by atoms with E-state index in [1.54, 1.807) is 0 Å². The third-order valence-electron chi connectivity index (χ3n) is 2.90. The molecule has 0 saturated heterocycles. The highest BCUT2D eigenvalue weighted by molar-refractivity contribution is 5.18. The van der Waals surface area contributed by atoms with E-state index in [2.05, 4.69) is 46.6 Å². The van der Waals surface area contributed by atoms with E-state index in [0.29, 0.717) is 17.6 Å². The maximum absolute atomic E-state index is 5.05. The maximum Gasteiger partial charge on any atom is 0.227 e. The predicted molar refractivity (Wildman–Crippen MR) is 70.5 cm³/mol. The van der Waals surface area contributed by atoms with Crippen molar-refractivity contribution in [3.05, 3.63) is 47.6 Å². The Bertz CT molecular complexity index is 467. The molecule has 0 amide bonds. The summed E-state index contributed by atoms with van der Waals surface area (Å²) in [6.45, 7) is 5.87. The molecule has 1 aromatic heterocycles. The largest absolute Gasteiger partial charge is 0.339 e. The van der Waals surface area contributed by atoms with E-state index in [4.69, 9.17) is 4.52 Å². The Morgan fingerprint density at radius 3 is 2.72 bits per heavy atom. The summed E-state index contributed by atoms with van der Waals surface area (Å²) < 4.78 is 5.05. The highest BCUT2D eigenvalue weighted by atomic mass is 16.5. The Kier molecular flexibility index (Phi) is 4.47. The van der Waals surface area contributed by atoms with Crippen molar-refractivity contribution in [2.75, 3.05) is 13.1 Å². The van der Waals surface area contributed by atoms with E-state index >= 15 is 0 Å². The zero-order valence-corrected chi connectivity index (χ0v) is 10.9. The number of nitrogens with one attached hydrogen (secondary N) is 1. The van der Waals surface area contributed by atoms with Crippen molar-refractivity contribution in [2.24, 2.45) is 0 Å². The standard InChI is InChI=1S/C14H19N3O/c1-11(13-6-4-3-5-7-13)10-15-9-8-14-16-12(2)17-18-14/h3-7,11,15H,8-10H2,1-2H3. The van der Waals surface area contributed by atoms with Gasteiger partial charge in [-0.1, -0.05) is 42.4 Å². The summed E-state index contributed by atoms with van der Waals surface area (Å²) in [5, 5.41) is 7.18. The minimum atomic E-state index is 0.510. The molecule has 2 rings (SSSR count). The van der Waals surface area contributed by atoms with Crippen LogP contribution in [-0.2, 0) is 6.42 Å². The van der Waals surface area contributed by atoms with Crippen LogP contribution in [0.25, 0.3) is 0 Å². The number of benzene rings is 1. The summed E-state index contributed by atoms with van der Waals surface area (Å²) >= 11 is 0. The van der Waals surface area contributed by atoms with Gasteiger partial charge in [-0.2, -0.15) is 4.98 Å². The van der Waals surface area contributed by atoms with Gasteiger partial charge in [0.25, 0.3) is 0 Å². The van der Waals surface area contributed by atoms with Crippen LogP contribution < -0.4 is 5.32 Å². The molecule has 0 aliphatic carbocycles. The van der Waals surface area contributed by atoms with Crippen LogP contribution in [-0.4, -0.2) is 23.2 Å². The summed E-state index contributed by atoms with van der Waals surface area (Å²) in [4.78, 5) is 4.17. The molecule has 0 aliphatic rings. The van der Waals surface area contributed by atoms with E-state index < -0.39 is 0 Å². The molecule has 0 bridgehead atoms. The average molecular weight is 245 g/mol. The number of hydrogen-bond acceptors (Lipinski definition) is 4. The topological polar surface area (TPSA) is 51.0 Å². The lowest BCUT2D eigenvalue weighted by Gasteiger charge is -2.12. The van der Waals surface area contributed by atoms with Crippen LogP contribution in [0.2, 0.25) is 0 Å². The minimum Gasteiger partial charge on any atom is -0.339 e. The van der Waals surface area contributed by atoms with Gasteiger partial charge in [-0.15, -0.1) is 0 Å². The first-order valence-electron chi connectivity index (χ1n) is 6.30. The Hall–Kier alpha value is -1.68. The fourth-order valence-electron chi connectivity index (χ4n) is 1.85. The molecule has 1 aromatic carbocycles. The fraction of sp³-hybridized carbons (Fsp3) is 0.429. The van der Waals surface area contributed by atoms with E-state index in [-0.39, 0.29) is 0 Å². The van der Waals surface area contributed by atoms with Crippen LogP contribution in [0.4, 0.5) is 0 Å². The Morgan fingerprint density at radius 2 is 2.06 bits per heavy atom. The number of rotatable bonds is 6. The van der Waals surface area contributed by atoms with Gasteiger partial charge >= 0.3 is 0 Å². The van der Waals surface area contributed by atoms with Gasteiger partial charge in [-0.25, -0.2) is 0 Å². The molecule has 1 atom stereocenters. The molecule has 1 heterocycles. The van der Waals surface area contributed by atoms with Crippen LogP contribution in [0.3, 0.4) is 0 Å². The molecule has 1 N–H and O–H groups in total. The summed E-state index contributed by atoms with van der Waals surface area (Å²) in [6, 6.07) is 10.5. The Balaban J connectivity index is 1.69. The monoisotopic (exact) mass is 245 g/mol. The van der Waals surface area contributed by atoms with Crippen LogP contribution >= 0.6 is 0 Å². The lowest BCUT2D eigenvalue weighted by molar-refractivity contribution is 0.372. The van der Waals surface area contributed by atoms with Crippen LogP contribution in [0.5, 0.6) is 0 Å². The zero-order chi connectivity index (χ0) is 12.8. The summed E-state index contributed by atoms with van der Waals surface area (Å²) in [7, 11) is 0. The normalized spacial score (nSPS) is 12.6. The van der Waals surface area contributed by atoms with Crippen molar-refractivity contribution < 1.29 is 4.52 Å². The molecule has 18 heavy (non-hydrogen) atoms. The number of aryl methyl sites for hydroxylation is 1. The molecule has 96 valence electrons. The summed E-state index contributed by atoms with van der Waals surface area (Å²) in [6.07, 6.45) is 0.780. The molecule has 1 unspecified atom stereocenters. The maximum atomic E-state index is 5.05. The lowest BCUT2D eigenvalue weighted by atomic mass is 10.0. The van der Waals surface area contributed by atoms with E-state index in [0.717, 1.165) is 19.5 Å². The van der Waals surface area contributed by atoms with Crippen LogP contribution in [0.15, 0.2) is 34.9 Å². The molecular formula is C14H19N3O. The number of aromatic nitrogens is 2. The van der Waals surface area contributed by atoms with Gasteiger partial charge < -0.3 is 9.84 Å². The molecule has 0 radical (unpaired) electrons. The van der Waals surface area contributed by atoms with Gasteiger partial charge in [0.2, 0.25) is 5.89 Å². The van der Waals surface area contributed by atoms with Crippen molar-refractivity contribution in [3.8, 4) is 0 Å². The number of hydrogen-bond donors (Lipinski definition) is 1. The van der Waals surface area contributed by atoms with E-state index in [1.165, 1.54) is 5.56 Å². The minimum absolute atomic E-state index is 0.510. The highest BCUT2D eigenvalue weighted by Gasteiger charge is 2.05. The Morgan fingerprint density at radius 1 is 1.28 bits per heavy atom. The van der Waals surface area contributed by atoms with Crippen LogP contribution in [0, 0.1) is 6.92 Å². The first-order valence-corrected chi connectivity index (χ1v) is 6.30. The van der Waals surface area contributed by atoms with Crippen molar-refractivity contribution in [3.63, 3.8) is 0 Å². The SMILES string of the molecule is Cc1noc(CCNCC(C)c2ccccc2)n1. The van der Waals surface area contributed by atoms with E-state index in [9.17, 15) is 0 Å². The zero-order valence-electron chi connectivity index (χ0n) is 10.9. The molecular weight excluding hydrogens is 226 g/mol. The molecule has 0 aliphatic heterocycles. The van der Waals surface area contributed by atoms with Gasteiger partial charge in [0.1, 0.15) is 0 Å². The van der Waals surface area contributed by atoms with Crippen molar-refractivity contribution in [2.45, 2.75) is 26.2 Å². The smallest absolute Gasteiger partial charge is 0.227 e. The highest BCUT2D eigenvalue weighted by Crippen LogP contribution is 2.12. The number of nitrogens with zero attached hydrogens (tertiary/aromatic N) is 2. The third kappa shape index (κ3) is 3.67. The van der Waals surface area contributed by atoms with Crippen molar-refractivity contribution in [1.82, 2.24) is 15.5 Å². The molecule has 2 aromatic rings. The quantitative estimate of drug-likeness (QED) is 0.793. The molecule has 0 fully saturated rings. The van der Waals surface area contributed by atoms with E-state index in [1.807, 2.05) is 13.0 Å². The Labute approximate surface area is 107 Å². The van der Waals surface area contributed by atoms with Gasteiger partial charge in [-0.05, 0) is 18.4 Å². The molecule has 0 spiro atoms. The second kappa shape index (κ2) is 6.31. The van der Waals surface area contributed by atoms with Crippen molar-refractivity contribution in [1.29, 1.82) is 0 Å². The average Bonchev–Trinajstić information content (AvgIpc) is 2.81. The van der Waals surface area contributed by atoms with Gasteiger partial charge in [0.05, 0.1) is 0 Å². The van der Waals surface area contributed by atoms with Gasteiger partial charge in [-0.3, -0.25) is 0 Å². The first-order chi connectivity index (χ1) is 8.75. The van der Waals surface area contributed by atoms with Gasteiger partial charge in [0.15, 0.2) is 5.82 Å². The second-order valence-electron chi connectivity index (χ2n) is 4.50. The van der Waals surface area contributed by atoms with Gasteiger partial charge in [0, 0.05) is 19.5 Å². The third-order valence-corrected chi connectivity index (χ3v) is 2.90. The lowest BCUT2D eigenvalue weighted by Crippen LogP contribution is -2.22. The van der Waals surface area contributed by atoms with Crippen LogP contribution in [0.1, 0.15) is 30.1 Å². The summed E-state index contributed by atoms with van der Waals surface area (Å²) in [5.74, 6) is 1.91. The molecule has 0 saturated carbocycles.